The van der Waals surface area contributed by atoms with Crippen LogP contribution in [-0.4, -0.2) is 23.0 Å². The fourth-order valence-electron chi connectivity index (χ4n) is 1.41. The van der Waals surface area contributed by atoms with Crippen LogP contribution in [0.1, 0.15) is 10.4 Å². The third-order valence-electron chi connectivity index (χ3n) is 2.35. The Morgan fingerprint density at radius 1 is 1.37 bits per heavy atom. The maximum absolute atomic E-state index is 11.6. The summed E-state index contributed by atoms with van der Waals surface area (Å²) in [6.07, 6.45) is 1.16. The highest BCUT2D eigenvalue weighted by molar-refractivity contribution is 5.92. The van der Waals surface area contributed by atoms with E-state index >= 15 is 0 Å². The van der Waals surface area contributed by atoms with Crippen LogP contribution < -0.4 is 16.0 Å². The summed E-state index contributed by atoms with van der Waals surface area (Å²) in [6, 6.07) is 6.41. The van der Waals surface area contributed by atoms with Crippen LogP contribution in [-0.2, 0) is 4.74 Å². The first-order chi connectivity index (χ1) is 9.13. The highest BCUT2D eigenvalue weighted by Crippen LogP contribution is 2.26. The number of esters is 1. The Balaban J connectivity index is 2.41. The molecule has 7 heteroatoms. The number of anilines is 1. The molecule has 0 spiro atoms. The van der Waals surface area contributed by atoms with Crippen LogP contribution in [0.2, 0.25) is 0 Å². The van der Waals surface area contributed by atoms with Gasteiger partial charge in [0.15, 0.2) is 5.69 Å². The number of nitrogens with zero attached hydrogens (tertiary/aromatic N) is 1. The second-order valence-electron chi connectivity index (χ2n) is 3.54. The second kappa shape index (κ2) is 5.21. The summed E-state index contributed by atoms with van der Waals surface area (Å²) in [5, 5.41) is 0. The van der Waals surface area contributed by atoms with Crippen LogP contribution >= 0.6 is 0 Å². The molecule has 0 amide bonds. The summed E-state index contributed by atoms with van der Waals surface area (Å²) in [6.45, 7) is 0. The van der Waals surface area contributed by atoms with Crippen LogP contribution in [0.3, 0.4) is 0 Å². The van der Waals surface area contributed by atoms with Gasteiger partial charge in [-0.2, -0.15) is 0 Å². The summed E-state index contributed by atoms with van der Waals surface area (Å²) in [7, 11) is 1.26. The lowest BCUT2D eigenvalue weighted by Gasteiger charge is -2.09. The van der Waals surface area contributed by atoms with Crippen molar-refractivity contribution in [1.82, 2.24) is 9.97 Å². The quantitative estimate of drug-likeness (QED) is 0.796. The minimum Gasteiger partial charge on any atom is -0.465 e. The van der Waals surface area contributed by atoms with E-state index in [0.29, 0.717) is 0 Å². The molecule has 0 unspecified atom stereocenters. The number of H-pyrrole nitrogens is 1. The van der Waals surface area contributed by atoms with Gasteiger partial charge in [-0.25, -0.2) is 9.78 Å². The molecule has 98 valence electrons. The Bertz CT molecular complexity index is 666. The molecule has 7 nitrogen and oxygen atoms in total. The van der Waals surface area contributed by atoms with E-state index in [1.54, 1.807) is 18.2 Å². The topological polar surface area (TPSA) is 107 Å². The van der Waals surface area contributed by atoms with E-state index in [0.717, 1.165) is 6.33 Å². The SMILES string of the molecule is COC(=O)c1ccccc1Oc1nc[nH]c(=O)c1N. The molecule has 0 atom stereocenters. The summed E-state index contributed by atoms with van der Waals surface area (Å²) in [5.74, 6) is -0.418. The number of ether oxygens (including phenoxy) is 2. The van der Waals surface area contributed by atoms with Crippen molar-refractivity contribution in [3.05, 3.63) is 46.5 Å². The molecule has 1 heterocycles. The van der Waals surface area contributed by atoms with Crippen molar-refractivity contribution in [3.63, 3.8) is 0 Å². The molecule has 0 radical (unpaired) electrons. The molecular weight excluding hydrogens is 250 g/mol. The molecule has 0 aliphatic heterocycles. The number of benzene rings is 1. The van der Waals surface area contributed by atoms with Crippen molar-refractivity contribution in [2.75, 3.05) is 12.8 Å². The molecule has 1 aromatic heterocycles. The predicted molar refractivity (Wildman–Crippen MR) is 67.1 cm³/mol. The number of methoxy groups -OCH3 is 1. The van der Waals surface area contributed by atoms with Crippen molar-refractivity contribution in [1.29, 1.82) is 0 Å². The van der Waals surface area contributed by atoms with E-state index < -0.39 is 11.5 Å². The average Bonchev–Trinajstić information content (AvgIpc) is 2.43. The number of nitrogen functional groups attached to an aromatic ring is 1. The molecule has 3 N–H and O–H groups in total. The molecule has 2 aromatic rings. The summed E-state index contributed by atoms with van der Waals surface area (Å²) in [4.78, 5) is 29.0. The Kier molecular flexibility index (Phi) is 3.46. The van der Waals surface area contributed by atoms with E-state index in [-0.39, 0.29) is 22.9 Å². The smallest absolute Gasteiger partial charge is 0.341 e. The molecule has 0 saturated heterocycles. The zero-order chi connectivity index (χ0) is 13.8. The Hall–Kier alpha value is -2.83. The molecule has 19 heavy (non-hydrogen) atoms. The number of rotatable bonds is 3. The van der Waals surface area contributed by atoms with E-state index in [9.17, 15) is 9.59 Å². The molecule has 1 aromatic carbocycles. The molecule has 0 fully saturated rings. The zero-order valence-electron chi connectivity index (χ0n) is 10.0. The number of para-hydroxylation sites is 1. The molecule has 0 aliphatic rings. The van der Waals surface area contributed by atoms with E-state index in [1.807, 2.05) is 0 Å². The van der Waals surface area contributed by atoms with Crippen molar-refractivity contribution in [2.45, 2.75) is 0 Å². The van der Waals surface area contributed by atoms with Gasteiger partial charge in [0, 0.05) is 0 Å². The fraction of sp³-hybridized carbons (Fsp3) is 0.0833. The van der Waals surface area contributed by atoms with E-state index in [4.69, 9.17) is 10.5 Å². The number of nitrogens with two attached hydrogens (primary N) is 1. The zero-order valence-corrected chi connectivity index (χ0v) is 10.0. The molecule has 0 saturated carbocycles. The van der Waals surface area contributed by atoms with Gasteiger partial charge in [0.2, 0.25) is 5.88 Å². The first-order valence-corrected chi connectivity index (χ1v) is 5.32. The number of carbonyl (C=O) groups is 1. The number of hydrogen-bond acceptors (Lipinski definition) is 6. The van der Waals surface area contributed by atoms with Crippen LogP contribution in [0.15, 0.2) is 35.4 Å². The van der Waals surface area contributed by atoms with Crippen molar-refractivity contribution in [2.24, 2.45) is 0 Å². The number of carbonyl (C=O) groups excluding carboxylic acids is 1. The summed E-state index contributed by atoms with van der Waals surface area (Å²) >= 11 is 0. The lowest BCUT2D eigenvalue weighted by atomic mass is 10.2. The van der Waals surface area contributed by atoms with Gasteiger partial charge in [0.05, 0.1) is 13.4 Å². The minimum absolute atomic E-state index is 0.0693. The van der Waals surface area contributed by atoms with Gasteiger partial charge in [-0.1, -0.05) is 12.1 Å². The van der Waals surface area contributed by atoms with Crippen LogP contribution in [0.25, 0.3) is 0 Å². The van der Waals surface area contributed by atoms with E-state index in [1.165, 1.54) is 13.2 Å². The molecule has 2 rings (SSSR count). The van der Waals surface area contributed by atoms with Crippen LogP contribution in [0, 0.1) is 0 Å². The minimum atomic E-state index is -0.556. The third-order valence-corrected chi connectivity index (χ3v) is 2.35. The van der Waals surface area contributed by atoms with Gasteiger partial charge in [-0.15, -0.1) is 0 Å². The van der Waals surface area contributed by atoms with Crippen molar-refractivity contribution < 1.29 is 14.3 Å². The largest absolute Gasteiger partial charge is 0.465 e. The molecule has 0 aliphatic carbocycles. The number of nitrogens with one attached hydrogen (secondary N) is 1. The van der Waals surface area contributed by atoms with Gasteiger partial charge < -0.3 is 20.2 Å². The maximum atomic E-state index is 11.6. The van der Waals surface area contributed by atoms with Crippen molar-refractivity contribution in [3.8, 4) is 11.6 Å². The van der Waals surface area contributed by atoms with Crippen molar-refractivity contribution >= 4 is 11.7 Å². The second-order valence-corrected chi connectivity index (χ2v) is 3.54. The van der Waals surface area contributed by atoms with Gasteiger partial charge >= 0.3 is 5.97 Å². The predicted octanol–water partition coefficient (Wildman–Crippen LogP) is 0.931. The standard InChI is InChI=1S/C12H11N3O4/c1-18-12(17)7-4-2-3-5-8(7)19-11-9(13)10(16)14-6-15-11/h2-6H,13H2,1H3,(H,14,15,16). The Labute approximate surface area is 108 Å². The Morgan fingerprint density at radius 3 is 2.84 bits per heavy atom. The molecule has 0 bridgehead atoms. The third kappa shape index (κ3) is 2.54. The first kappa shape index (κ1) is 12.6. The first-order valence-electron chi connectivity index (χ1n) is 5.32. The van der Waals surface area contributed by atoms with E-state index in [2.05, 4.69) is 14.7 Å². The van der Waals surface area contributed by atoms with Gasteiger partial charge in [0.25, 0.3) is 5.56 Å². The van der Waals surface area contributed by atoms with Crippen LogP contribution in [0.4, 0.5) is 5.69 Å². The van der Waals surface area contributed by atoms with Crippen LogP contribution in [0.5, 0.6) is 11.6 Å². The highest BCUT2D eigenvalue weighted by Gasteiger charge is 2.15. The fourth-order valence-corrected chi connectivity index (χ4v) is 1.41. The summed E-state index contributed by atoms with van der Waals surface area (Å²) in [5.41, 5.74) is 5.08. The highest BCUT2D eigenvalue weighted by atomic mass is 16.5. The normalized spacial score (nSPS) is 9.95. The average molecular weight is 261 g/mol. The lowest BCUT2D eigenvalue weighted by Crippen LogP contribution is -2.13. The number of aromatic amines is 1. The summed E-state index contributed by atoms with van der Waals surface area (Å²) < 4.78 is 10.0. The lowest BCUT2D eigenvalue weighted by molar-refractivity contribution is 0.0598. The maximum Gasteiger partial charge on any atom is 0.341 e. The monoisotopic (exact) mass is 261 g/mol. The van der Waals surface area contributed by atoms with Gasteiger partial charge in [-0.3, -0.25) is 4.79 Å². The van der Waals surface area contributed by atoms with Gasteiger partial charge in [0.1, 0.15) is 11.3 Å². The number of hydrogen-bond donors (Lipinski definition) is 2. The van der Waals surface area contributed by atoms with Gasteiger partial charge in [-0.05, 0) is 12.1 Å². The Morgan fingerprint density at radius 2 is 2.11 bits per heavy atom. The molecular formula is C12H11N3O4. The number of aromatic nitrogens is 2.